The Labute approximate surface area is 273 Å². The van der Waals surface area contributed by atoms with E-state index in [1.807, 2.05) is 6.07 Å². The smallest absolute Gasteiger partial charge is 0.416 e. The fourth-order valence-electron chi connectivity index (χ4n) is 6.31. The van der Waals surface area contributed by atoms with E-state index in [1.165, 1.54) is 4.90 Å². The van der Waals surface area contributed by atoms with Crippen LogP contribution in [0.2, 0.25) is 0 Å². The van der Waals surface area contributed by atoms with E-state index in [0.29, 0.717) is 50.9 Å². The van der Waals surface area contributed by atoms with Gasteiger partial charge in [0.05, 0.1) is 43.0 Å². The minimum atomic E-state index is -4.87. The van der Waals surface area contributed by atoms with E-state index in [1.54, 1.807) is 26.2 Å². The van der Waals surface area contributed by atoms with Gasteiger partial charge in [0.1, 0.15) is 5.75 Å². The third-order valence-corrected chi connectivity index (χ3v) is 10.8. The second kappa shape index (κ2) is 15.2. The number of alkyl halides is 3. The Kier molecular flexibility index (Phi) is 11.5. The van der Waals surface area contributed by atoms with Crippen LogP contribution in [0.3, 0.4) is 0 Å². The fraction of sp³-hybridized carbons (Fsp3) is 0.594. The predicted octanol–water partition coefficient (Wildman–Crippen LogP) is 2.46. The van der Waals surface area contributed by atoms with Crippen LogP contribution in [-0.4, -0.2) is 143 Å². The monoisotopic (exact) mass is 684 g/mol. The fourth-order valence-corrected chi connectivity index (χ4v) is 7.79. The summed E-state index contributed by atoms with van der Waals surface area (Å²) >= 11 is 0. The number of piperazine rings is 1. The molecule has 2 aromatic carbocycles. The first kappa shape index (κ1) is 35.5. The van der Waals surface area contributed by atoms with E-state index in [2.05, 4.69) is 9.80 Å². The number of hydrogen-bond acceptors (Lipinski definition) is 9. The van der Waals surface area contributed by atoms with Crippen LogP contribution < -0.4 is 0 Å². The summed E-state index contributed by atoms with van der Waals surface area (Å²) in [6.45, 7) is 7.34. The van der Waals surface area contributed by atoms with Crippen molar-refractivity contribution in [3.8, 4) is 5.75 Å². The van der Waals surface area contributed by atoms with Crippen molar-refractivity contribution in [1.82, 2.24) is 19.0 Å². The lowest BCUT2D eigenvalue weighted by Crippen LogP contribution is -2.57. The Morgan fingerprint density at radius 1 is 0.979 bits per heavy atom. The highest BCUT2D eigenvalue weighted by Gasteiger charge is 2.37. The molecule has 0 aromatic heterocycles. The van der Waals surface area contributed by atoms with Gasteiger partial charge in [0.15, 0.2) is 0 Å². The van der Waals surface area contributed by atoms with Gasteiger partial charge in [-0.05, 0) is 48.7 Å². The number of morpholine rings is 2. The summed E-state index contributed by atoms with van der Waals surface area (Å²) in [4.78, 5) is 19.6. The standard InChI is InChI=1S/C32H43F3N4O7S/c1-23-3-4-24(16-30(23)40)15-27-20-36(5-6-37-9-14-46-28(21-37)22-44-2)7-8-39(27)31(41)25-17-26(32(33,34)35)19-29(18-25)47(42,43)38-10-12-45-13-11-38/h3-4,16-19,27-28,40H,5-15,20-22H2,1-2H3/t27-,28+/m1/s1. The van der Waals surface area contributed by atoms with Crippen LogP contribution in [0.5, 0.6) is 5.75 Å². The number of phenolic OH excluding ortho intramolecular Hbond substituents is 1. The highest BCUT2D eigenvalue weighted by molar-refractivity contribution is 7.89. The molecule has 3 aliphatic rings. The van der Waals surface area contributed by atoms with Crippen molar-refractivity contribution in [1.29, 1.82) is 0 Å². The average molecular weight is 685 g/mol. The van der Waals surface area contributed by atoms with Gasteiger partial charge in [-0.3, -0.25) is 14.6 Å². The van der Waals surface area contributed by atoms with E-state index in [4.69, 9.17) is 14.2 Å². The van der Waals surface area contributed by atoms with Gasteiger partial charge in [0, 0.05) is 77.6 Å². The molecule has 0 spiro atoms. The topological polar surface area (TPSA) is 112 Å². The second-order valence-electron chi connectivity index (χ2n) is 12.3. The highest BCUT2D eigenvalue weighted by atomic mass is 32.2. The quantitative estimate of drug-likeness (QED) is 0.404. The molecule has 260 valence electrons. The van der Waals surface area contributed by atoms with Gasteiger partial charge >= 0.3 is 6.18 Å². The summed E-state index contributed by atoms with van der Waals surface area (Å²) < 4.78 is 86.3. The van der Waals surface area contributed by atoms with Gasteiger partial charge in [-0.1, -0.05) is 12.1 Å². The molecular weight excluding hydrogens is 641 g/mol. The van der Waals surface area contributed by atoms with Crippen LogP contribution in [-0.2, 0) is 36.8 Å². The number of methoxy groups -OCH3 is 1. The number of nitrogens with zero attached hydrogens (tertiary/aromatic N) is 4. The summed E-state index contributed by atoms with van der Waals surface area (Å²) in [5.41, 5.74) is -0.0735. The highest BCUT2D eigenvalue weighted by Crippen LogP contribution is 2.33. The Morgan fingerprint density at radius 3 is 2.38 bits per heavy atom. The zero-order chi connectivity index (χ0) is 33.8. The van der Waals surface area contributed by atoms with Gasteiger partial charge < -0.3 is 24.2 Å². The number of hydrogen-bond donors (Lipinski definition) is 1. The van der Waals surface area contributed by atoms with E-state index in [-0.39, 0.29) is 50.3 Å². The molecule has 3 aliphatic heterocycles. The molecule has 1 N–H and O–H groups in total. The second-order valence-corrected chi connectivity index (χ2v) is 14.2. The maximum atomic E-state index is 14.1. The summed E-state index contributed by atoms with van der Waals surface area (Å²) in [6, 6.07) is 7.21. The van der Waals surface area contributed by atoms with Gasteiger partial charge in [0.25, 0.3) is 5.91 Å². The van der Waals surface area contributed by atoms with Crippen molar-refractivity contribution < 1.29 is 45.7 Å². The van der Waals surface area contributed by atoms with Gasteiger partial charge in [0.2, 0.25) is 10.0 Å². The van der Waals surface area contributed by atoms with Crippen molar-refractivity contribution in [2.24, 2.45) is 0 Å². The molecule has 0 radical (unpaired) electrons. The molecular formula is C32H43F3N4O7S. The van der Waals surface area contributed by atoms with Crippen molar-refractivity contribution in [3.63, 3.8) is 0 Å². The molecule has 0 bridgehead atoms. The van der Waals surface area contributed by atoms with Crippen LogP contribution >= 0.6 is 0 Å². The number of aryl methyl sites for hydroxylation is 1. The first-order chi connectivity index (χ1) is 22.3. The third-order valence-electron chi connectivity index (χ3n) is 8.97. The first-order valence-corrected chi connectivity index (χ1v) is 17.2. The molecule has 0 aliphatic carbocycles. The number of ether oxygens (including phenoxy) is 3. The molecule has 1 amide bonds. The summed E-state index contributed by atoms with van der Waals surface area (Å²) in [5.74, 6) is -0.562. The zero-order valence-corrected chi connectivity index (χ0v) is 27.6. The summed E-state index contributed by atoms with van der Waals surface area (Å²) in [6.07, 6.45) is -4.53. The van der Waals surface area contributed by atoms with E-state index >= 15 is 0 Å². The average Bonchev–Trinajstić information content (AvgIpc) is 3.05. The van der Waals surface area contributed by atoms with Crippen LogP contribution in [0.1, 0.15) is 27.0 Å². The molecule has 47 heavy (non-hydrogen) atoms. The molecule has 15 heteroatoms. The molecule has 0 unspecified atom stereocenters. The number of sulfonamides is 1. The molecule has 5 rings (SSSR count). The number of rotatable bonds is 10. The molecule has 11 nitrogen and oxygen atoms in total. The molecule has 2 aromatic rings. The number of carbonyl (C=O) groups is 1. The van der Waals surface area contributed by atoms with Gasteiger partial charge in [-0.25, -0.2) is 8.42 Å². The zero-order valence-electron chi connectivity index (χ0n) is 26.7. The minimum Gasteiger partial charge on any atom is -0.508 e. The number of aromatic hydroxyl groups is 1. The maximum Gasteiger partial charge on any atom is 0.416 e. The summed E-state index contributed by atoms with van der Waals surface area (Å²) in [5, 5.41) is 10.4. The third kappa shape index (κ3) is 8.82. The summed E-state index contributed by atoms with van der Waals surface area (Å²) in [7, 11) is -2.67. The van der Waals surface area contributed by atoms with E-state index < -0.39 is 38.6 Å². The van der Waals surface area contributed by atoms with Crippen LogP contribution in [0, 0.1) is 6.92 Å². The predicted molar refractivity (Wildman–Crippen MR) is 167 cm³/mol. The lowest BCUT2D eigenvalue weighted by Gasteiger charge is -2.43. The van der Waals surface area contributed by atoms with Crippen molar-refractivity contribution >= 4 is 15.9 Å². The van der Waals surface area contributed by atoms with Crippen LogP contribution in [0.15, 0.2) is 41.3 Å². The maximum absolute atomic E-state index is 14.1. The van der Waals surface area contributed by atoms with Gasteiger partial charge in [-0.15, -0.1) is 0 Å². The number of amides is 1. The Hall–Kier alpha value is -2.79. The van der Waals surface area contributed by atoms with E-state index in [9.17, 15) is 31.5 Å². The number of benzene rings is 2. The number of phenols is 1. The molecule has 2 atom stereocenters. The van der Waals surface area contributed by atoms with Crippen molar-refractivity contribution in [2.75, 3.05) is 92.4 Å². The molecule has 3 heterocycles. The van der Waals surface area contributed by atoms with E-state index in [0.717, 1.165) is 41.6 Å². The molecule has 3 saturated heterocycles. The van der Waals surface area contributed by atoms with Crippen molar-refractivity contribution in [2.45, 2.75) is 36.6 Å². The Morgan fingerprint density at radius 2 is 1.70 bits per heavy atom. The minimum absolute atomic E-state index is 0.00500. The largest absolute Gasteiger partial charge is 0.508 e. The van der Waals surface area contributed by atoms with Crippen LogP contribution in [0.25, 0.3) is 0 Å². The Balaban J connectivity index is 1.40. The normalized spacial score (nSPS) is 22.4. The number of halogens is 3. The number of carbonyl (C=O) groups excluding carboxylic acids is 1. The SMILES string of the molecule is COC[C@@H]1CN(CCN2CCN(C(=O)c3cc(C(F)(F)F)cc(S(=O)(=O)N4CCOCC4)c3)[C@H](Cc3ccc(C)c(O)c3)C2)CCO1. The van der Waals surface area contributed by atoms with Crippen molar-refractivity contribution in [3.05, 3.63) is 58.7 Å². The molecule has 3 fully saturated rings. The lowest BCUT2D eigenvalue weighted by molar-refractivity contribution is -0.137. The first-order valence-electron chi connectivity index (χ1n) is 15.8. The Bertz CT molecular complexity index is 1500. The lowest BCUT2D eigenvalue weighted by atomic mass is 9.99. The molecule has 0 saturated carbocycles. The van der Waals surface area contributed by atoms with Gasteiger partial charge in [-0.2, -0.15) is 17.5 Å². The van der Waals surface area contributed by atoms with Crippen LogP contribution in [0.4, 0.5) is 13.2 Å².